The van der Waals surface area contributed by atoms with Crippen molar-refractivity contribution in [1.82, 2.24) is 20.1 Å². The van der Waals surface area contributed by atoms with E-state index in [9.17, 15) is 0 Å². The summed E-state index contributed by atoms with van der Waals surface area (Å²) in [5.41, 5.74) is 1.31. The number of para-hydroxylation sites is 1. The van der Waals surface area contributed by atoms with Crippen molar-refractivity contribution in [2.75, 3.05) is 33.7 Å². The van der Waals surface area contributed by atoms with Gasteiger partial charge in [-0.25, -0.2) is 0 Å². The second kappa shape index (κ2) is 8.20. The Bertz CT molecular complexity index is 675. The molecule has 0 spiro atoms. The molecular formula is C19H29N5. The van der Waals surface area contributed by atoms with Crippen LogP contribution in [-0.2, 0) is 6.54 Å². The summed E-state index contributed by atoms with van der Waals surface area (Å²) in [6.07, 6.45) is 5.83. The average molecular weight is 327 g/mol. The van der Waals surface area contributed by atoms with Crippen LogP contribution >= 0.6 is 0 Å². The second-order valence-electron chi connectivity index (χ2n) is 6.58. The Morgan fingerprint density at radius 3 is 2.92 bits per heavy atom. The molecule has 130 valence electrons. The predicted octanol–water partition coefficient (Wildman–Crippen LogP) is 2.29. The Hall–Kier alpha value is -2.01. The normalized spacial score (nSPS) is 19.1. The molecule has 3 rings (SSSR count). The molecule has 1 atom stereocenters. The van der Waals surface area contributed by atoms with Crippen molar-refractivity contribution >= 4 is 16.9 Å². The molecule has 5 nitrogen and oxygen atoms in total. The highest BCUT2D eigenvalue weighted by molar-refractivity contribution is 5.80. The molecule has 2 aromatic rings. The van der Waals surface area contributed by atoms with Crippen LogP contribution < -0.4 is 10.6 Å². The molecule has 0 aliphatic carbocycles. The van der Waals surface area contributed by atoms with E-state index in [1.807, 2.05) is 7.05 Å². The molecule has 1 aliphatic heterocycles. The summed E-state index contributed by atoms with van der Waals surface area (Å²) in [5.74, 6) is 0.910. The first-order valence-corrected chi connectivity index (χ1v) is 8.96. The first-order valence-electron chi connectivity index (χ1n) is 8.96. The number of likely N-dealkylation sites (N-methyl/N-ethyl adjacent to an activating group) is 1. The lowest BCUT2D eigenvalue weighted by atomic mass is 10.2. The number of aromatic nitrogens is 1. The lowest BCUT2D eigenvalue weighted by Gasteiger charge is -2.21. The summed E-state index contributed by atoms with van der Waals surface area (Å²) < 4.78 is 2.32. The largest absolute Gasteiger partial charge is 0.356 e. The molecule has 2 N–H and O–H groups in total. The lowest BCUT2D eigenvalue weighted by Crippen LogP contribution is -2.44. The summed E-state index contributed by atoms with van der Waals surface area (Å²) in [6.45, 7) is 4.12. The van der Waals surface area contributed by atoms with Crippen LogP contribution in [-0.4, -0.2) is 55.2 Å². The SMILES string of the molecule is CN=C(NCCCn1ccc2ccccc21)NCC1CCCN1C. The van der Waals surface area contributed by atoms with Crippen LogP contribution in [0.3, 0.4) is 0 Å². The first kappa shape index (κ1) is 16.8. The van der Waals surface area contributed by atoms with Crippen molar-refractivity contribution in [3.8, 4) is 0 Å². The smallest absolute Gasteiger partial charge is 0.191 e. The molecular weight excluding hydrogens is 298 g/mol. The van der Waals surface area contributed by atoms with Crippen LogP contribution in [0.5, 0.6) is 0 Å². The number of nitrogens with zero attached hydrogens (tertiary/aromatic N) is 3. The number of aryl methyl sites for hydroxylation is 1. The minimum Gasteiger partial charge on any atom is -0.356 e. The zero-order valence-electron chi connectivity index (χ0n) is 14.8. The van der Waals surface area contributed by atoms with Crippen molar-refractivity contribution < 1.29 is 0 Å². The molecule has 0 saturated carbocycles. The third-order valence-corrected chi connectivity index (χ3v) is 4.95. The number of benzene rings is 1. The quantitative estimate of drug-likeness (QED) is 0.486. The number of likely N-dealkylation sites (tertiary alicyclic amines) is 1. The van der Waals surface area contributed by atoms with E-state index in [1.54, 1.807) is 0 Å². The fourth-order valence-corrected chi connectivity index (χ4v) is 3.46. The molecule has 2 heterocycles. The Kier molecular flexibility index (Phi) is 5.75. The van der Waals surface area contributed by atoms with Gasteiger partial charge in [0.1, 0.15) is 0 Å². The van der Waals surface area contributed by atoms with E-state index in [2.05, 4.69) is 68.7 Å². The van der Waals surface area contributed by atoms with Crippen LogP contribution in [0.4, 0.5) is 0 Å². The molecule has 1 aromatic heterocycles. The highest BCUT2D eigenvalue weighted by Crippen LogP contribution is 2.15. The van der Waals surface area contributed by atoms with E-state index in [1.165, 1.54) is 30.3 Å². The summed E-state index contributed by atoms with van der Waals surface area (Å²) in [7, 11) is 4.05. The molecule has 1 aliphatic rings. The summed E-state index contributed by atoms with van der Waals surface area (Å²) in [6, 6.07) is 11.3. The number of nitrogens with one attached hydrogen (secondary N) is 2. The van der Waals surface area contributed by atoms with Crippen molar-refractivity contribution in [3.05, 3.63) is 36.5 Å². The van der Waals surface area contributed by atoms with Gasteiger partial charge in [-0.3, -0.25) is 4.99 Å². The maximum atomic E-state index is 4.33. The van der Waals surface area contributed by atoms with E-state index in [4.69, 9.17) is 0 Å². The van der Waals surface area contributed by atoms with Crippen LogP contribution in [0.1, 0.15) is 19.3 Å². The fraction of sp³-hybridized carbons (Fsp3) is 0.526. The minimum atomic E-state index is 0.634. The number of hydrogen-bond donors (Lipinski definition) is 2. The fourth-order valence-electron chi connectivity index (χ4n) is 3.46. The zero-order chi connectivity index (χ0) is 16.8. The molecule has 5 heteroatoms. The highest BCUT2D eigenvalue weighted by atomic mass is 15.2. The average Bonchev–Trinajstić information content (AvgIpc) is 3.21. The Labute approximate surface area is 144 Å². The van der Waals surface area contributed by atoms with Gasteiger partial charge in [-0.1, -0.05) is 18.2 Å². The summed E-state index contributed by atoms with van der Waals surface area (Å²) >= 11 is 0. The van der Waals surface area contributed by atoms with Gasteiger partial charge in [-0.05, 0) is 50.4 Å². The monoisotopic (exact) mass is 327 g/mol. The molecule has 1 fully saturated rings. The molecule has 24 heavy (non-hydrogen) atoms. The number of guanidine groups is 1. The summed E-state index contributed by atoms with van der Waals surface area (Å²) in [4.78, 5) is 6.76. The Morgan fingerprint density at radius 1 is 1.25 bits per heavy atom. The van der Waals surface area contributed by atoms with Crippen LogP contribution in [0, 0.1) is 0 Å². The van der Waals surface area contributed by atoms with Gasteiger partial charge in [0.05, 0.1) is 0 Å². The molecule has 1 unspecified atom stereocenters. The standard InChI is InChI=1S/C19H29N5/c1-20-19(22-15-17-8-5-12-23(17)2)21-11-6-13-24-14-10-16-7-3-4-9-18(16)24/h3-4,7,9-10,14,17H,5-6,8,11-13,15H2,1-2H3,(H2,20,21,22). The van der Waals surface area contributed by atoms with E-state index in [0.717, 1.165) is 32.0 Å². The molecule has 0 radical (unpaired) electrons. The number of hydrogen-bond acceptors (Lipinski definition) is 2. The number of aliphatic imine (C=N–C) groups is 1. The molecule has 1 aromatic carbocycles. The summed E-state index contributed by atoms with van der Waals surface area (Å²) in [5, 5.41) is 8.19. The van der Waals surface area contributed by atoms with Crippen molar-refractivity contribution in [2.24, 2.45) is 4.99 Å². The Morgan fingerprint density at radius 2 is 2.12 bits per heavy atom. The van der Waals surface area contributed by atoms with Gasteiger partial charge in [0.2, 0.25) is 0 Å². The molecule has 0 bridgehead atoms. The number of fused-ring (bicyclic) bond motifs is 1. The van der Waals surface area contributed by atoms with Crippen LogP contribution in [0.25, 0.3) is 10.9 Å². The van der Waals surface area contributed by atoms with Gasteiger partial charge in [0.15, 0.2) is 5.96 Å². The van der Waals surface area contributed by atoms with Crippen molar-refractivity contribution in [1.29, 1.82) is 0 Å². The van der Waals surface area contributed by atoms with Crippen LogP contribution in [0.15, 0.2) is 41.5 Å². The van der Waals surface area contributed by atoms with Gasteiger partial charge in [0.25, 0.3) is 0 Å². The predicted molar refractivity (Wildman–Crippen MR) is 102 cm³/mol. The van der Waals surface area contributed by atoms with Gasteiger partial charge in [0, 0.05) is 44.4 Å². The van der Waals surface area contributed by atoms with Crippen molar-refractivity contribution in [2.45, 2.75) is 31.8 Å². The first-order chi connectivity index (χ1) is 11.8. The molecule has 0 amide bonds. The third-order valence-electron chi connectivity index (χ3n) is 4.95. The molecule has 1 saturated heterocycles. The van der Waals surface area contributed by atoms with Gasteiger partial charge < -0.3 is 20.1 Å². The van der Waals surface area contributed by atoms with Crippen LogP contribution in [0.2, 0.25) is 0 Å². The number of rotatable bonds is 6. The Balaban J connectivity index is 1.40. The van der Waals surface area contributed by atoms with E-state index >= 15 is 0 Å². The third kappa shape index (κ3) is 4.09. The highest BCUT2D eigenvalue weighted by Gasteiger charge is 2.20. The van der Waals surface area contributed by atoms with E-state index in [0.29, 0.717) is 6.04 Å². The minimum absolute atomic E-state index is 0.634. The van der Waals surface area contributed by atoms with E-state index < -0.39 is 0 Å². The maximum Gasteiger partial charge on any atom is 0.191 e. The lowest BCUT2D eigenvalue weighted by molar-refractivity contribution is 0.309. The second-order valence-corrected chi connectivity index (χ2v) is 6.58. The van der Waals surface area contributed by atoms with Crippen molar-refractivity contribution in [3.63, 3.8) is 0 Å². The van der Waals surface area contributed by atoms with E-state index in [-0.39, 0.29) is 0 Å². The van der Waals surface area contributed by atoms with Gasteiger partial charge in [-0.15, -0.1) is 0 Å². The zero-order valence-corrected chi connectivity index (χ0v) is 14.8. The maximum absolute atomic E-state index is 4.33. The van der Waals surface area contributed by atoms with Gasteiger partial charge >= 0.3 is 0 Å². The topological polar surface area (TPSA) is 44.6 Å². The van der Waals surface area contributed by atoms with Gasteiger partial charge in [-0.2, -0.15) is 0 Å².